The predicted octanol–water partition coefficient (Wildman–Crippen LogP) is 2.80. The van der Waals surface area contributed by atoms with Crippen LogP contribution in [0.2, 0.25) is 0 Å². The van der Waals surface area contributed by atoms with Crippen LogP contribution in [0.25, 0.3) is 0 Å². The number of nitrogens with zero attached hydrogens (tertiary/aromatic N) is 1. The number of carbonyl (C=O) groups is 1. The number of hydrogen-bond donors (Lipinski definition) is 0. The summed E-state index contributed by atoms with van der Waals surface area (Å²) in [4.78, 5) is 14.5. The van der Waals surface area contributed by atoms with Crippen LogP contribution in [0.3, 0.4) is 0 Å². The Hall–Kier alpha value is -1.07. The largest absolute Gasteiger partial charge is 0.469 e. The third kappa shape index (κ3) is 4.21. The van der Waals surface area contributed by atoms with Crippen molar-refractivity contribution in [1.82, 2.24) is 4.90 Å². The number of likely N-dealkylation sites (tertiary alicyclic amines) is 1. The van der Waals surface area contributed by atoms with E-state index in [-0.39, 0.29) is 17.7 Å². The van der Waals surface area contributed by atoms with Crippen LogP contribution in [-0.4, -0.2) is 43.4 Å². The summed E-state index contributed by atoms with van der Waals surface area (Å²) in [5.74, 6) is 0.673. The van der Waals surface area contributed by atoms with Gasteiger partial charge in [-0.3, -0.25) is 4.79 Å². The van der Waals surface area contributed by atoms with Crippen molar-refractivity contribution in [3.63, 3.8) is 0 Å². The van der Waals surface area contributed by atoms with Crippen molar-refractivity contribution in [3.8, 4) is 0 Å². The zero-order valence-electron chi connectivity index (χ0n) is 11.7. The molecule has 20 heavy (non-hydrogen) atoms. The van der Waals surface area contributed by atoms with Gasteiger partial charge in [-0.05, 0) is 38.1 Å². The third-order valence-corrected chi connectivity index (χ3v) is 4.65. The van der Waals surface area contributed by atoms with Gasteiger partial charge in [0.1, 0.15) is 5.82 Å². The molecule has 2 rings (SSSR count). The van der Waals surface area contributed by atoms with Gasteiger partial charge in [-0.15, -0.1) is 11.8 Å². The van der Waals surface area contributed by atoms with Crippen LogP contribution < -0.4 is 0 Å². The van der Waals surface area contributed by atoms with Crippen LogP contribution in [0.15, 0.2) is 29.2 Å². The van der Waals surface area contributed by atoms with E-state index in [2.05, 4.69) is 4.90 Å². The highest BCUT2D eigenvalue weighted by Gasteiger charge is 2.25. The van der Waals surface area contributed by atoms with E-state index in [4.69, 9.17) is 4.74 Å². The molecule has 1 aromatic rings. The molecule has 0 amide bonds. The molecule has 0 aliphatic carbocycles. The maximum absolute atomic E-state index is 13.4. The minimum Gasteiger partial charge on any atom is -0.469 e. The van der Waals surface area contributed by atoms with Gasteiger partial charge in [0.15, 0.2) is 0 Å². The molecule has 1 aromatic carbocycles. The Morgan fingerprint density at radius 3 is 2.75 bits per heavy atom. The SMILES string of the molecule is COC(=O)C1CCN(CCSc2ccccc2F)CC1. The van der Waals surface area contributed by atoms with Gasteiger partial charge >= 0.3 is 5.97 Å². The molecule has 0 bridgehead atoms. The smallest absolute Gasteiger partial charge is 0.308 e. The summed E-state index contributed by atoms with van der Waals surface area (Å²) in [5.41, 5.74) is 0. The quantitative estimate of drug-likeness (QED) is 0.617. The zero-order valence-corrected chi connectivity index (χ0v) is 12.5. The average molecular weight is 297 g/mol. The first-order valence-corrected chi connectivity index (χ1v) is 7.87. The zero-order chi connectivity index (χ0) is 14.4. The van der Waals surface area contributed by atoms with Crippen LogP contribution in [-0.2, 0) is 9.53 Å². The van der Waals surface area contributed by atoms with E-state index in [1.54, 1.807) is 17.8 Å². The molecule has 1 saturated heterocycles. The standard InChI is InChI=1S/C15H20FNO2S/c1-19-15(18)12-6-8-17(9-7-12)10-11-20-14-5-3-2-4-13(14)16/h2-5,12H,6-11H2,1H3. The van der Waals surface area contributed by atoms with E-state index in [9.17, 15) is 9.18 Å². The molecule has 0 saturated carbocycles. The maximum Gasteiger partial charge on any atom is 0.308 e. The Labute approximate surface area is 123 Å². The number of thioether (sulfide) groups is 1. The van der Waals surface area contributed by atoms with Gasteiger partial charge in [0.25, 0.3) is 0 Å². The van der Waals surface area contributed by atoms with Crippen molar-refractivity contribution in [3.05, 3.63) is 30.1 Å². The highest BCUT2D eigenvalue weighted by atomic mass is 32.2. The molecule has 110 valence electrons. The van der Waals surface area contributed by atoms with Gasteiger partial charge in [-0.25, -0.2) is 4.39 Å². The number of carbonyl (C=O) groups excluding carboxylic acids is 1. The van der Waals surface area contributed by atoms with Gasteiger partial charge in [0.05, 0.1) is 13.0 Å². The van der Waals surface area contributed by atoms with Crippen LogP contribution in [0.4, 0.5) is 4.39 Å². The number of rotatable bonds is 5. The van der Waals surface area contributed by atoms with Crippen molar-refractivity contribution in [1.29, 1.82) is 0 Å². The second-order valence-corrected chi connectivity index (χ2v) is 6.05. The first kappa shape index (κ1) is 15.3. The molecular formula is C15H20FNO2S. The Balaban J connectivity index is 1.69. The second kappa shape index (κ2) is 7.64. The van der Waals surface area contributed by atoms with E-state index in [0.29, 0.717) is 4.90 Å². The number of hydrogen-bond acceptors (Lipinski definition) is 4. The van der Waals surface area contributed by atoms with Gasteiger partial charge in [-0.2, -0.15) is 0 Å². The summed E-state index contributed by atoms with van der Waals surface area (Å²) in [5, 5.41) is 0. The summed E-state index contributed by atoms with van der Waals surface area (Å²) in [6.45, 7) is 2.75. The number of esters is 1. The average Bonchev–Trinajstić information content (AvgIpc) is 2.49. The van der Waals surface area contributed by atoms with E-state index in [1.165, 1.54) is 13.2 Å². The van der Waals surface area contributed by atoms with Gasteiger partial charge < -0.3 is 9.64 Å². The Kier molecular flexibility index (Phi) is 5.86. The molecule has 1 aliphatic rings. The molecule has 0 aromatic heterocycles. The highest BCUT2D eigenvalue weighted by Crippen LogP contribution is 2.23. The fraction of sp³-hybridized carbons (Fsp3) is 0.533. The third-order valence-electron chi connectivity index (χ3n) is 3.62. The maximum atomic E-state index is 13.4. The van der Waals surface area contributed by atoms with Crippen LogP contribution in [0, 0.1) is 11.7 Å². The Morgan fingerprint density at radius 1 is 1.40 bits per heavy atom. The number of halogens is 1. The monoisotopic (exact) mass is 297 g/mol. The summed E-state index contributed by atoms with van der Waals surface area (Å²) >= 11 is 1.54. The molecule has 0 unspecified atom stereocenters. The normalized spacial score (nSPS) is 17.1. The number of benzene rings is 1. The van der Waals surface area contributed by atoms with Crippen LogP contribution in [0.5, 0.6) is 0 Å². The molecule has 5 heteroatoms. The molecule has 1 heterocycles. The number of methoxy groups -OCH3 is 1. The van der Waals surface area contributed by atoms with E-state index >= 15 is 0 Å². The molecule has 0 spiro atoms. The minimum atomic E-state index is -0.151. The lowest BCUT2D eigenvalue weighted by Crippen LogP contribution is -2.37. The van der Waals surface area contributed by atoms with Gasteiger partial charge in [-0.1, -0.05) is 12.1 Å². The minimum absolute atomic E-state index is 0.0514. The Morgan fingerprint density at radius 2 is 2.10 bits per heavy atom. The highest BCUT2D eigenvalue weighted by molar-refractivity contribution is 7.99. The molecular weight excluding hydrogens is 277 g/mol. The molecule has 0 radical (unpaired) electrons. The summed E-state index contributed by atoms with van der Waals surface area (Å²) in [7, 11) is 1.44. The molecule has 0 N–H and O–H groups in total. The van der Waals surface area contributed by atoms with E-state index in [1.807, 2.05) is 12.1 Å². The lowest BCUT2D eigenvalue weighted by Gasteiger charge is -2.30. The molecule has 0 atom stereocenters. The number of piperidine rings is 1. The summed E-state index contributed by atoms with van der Waals surface area (Å²) < 4.78 is 18.2. The van der Waals surface area contributed by atoms with Crippen molar-refractivity contribution in [2.75, 3.05) is 32.5 Å². The number of ether oxygens (including phenoxy) is 1. The fourth-order valence-electron chi connectivity index (χ4n) is 2.41. The van der Waals surface area contributed by atoms with Crippen LogP contribution >= 0.6 is 11.8 Å². The van der Waals surface area contributed by atoms with Crippen molar-refractivity contribution in [2.24, 2.45) is 5.92 Å². The first-order valence-electron chi connectivity index (χ1n) is 6.88. The van der Waals surface area contributed by atoms with Crippen molar-refractivity contribution in [2.45, 2.75) is 17.7 Å². The Bertz CT molecular complexity index is 447. The van der Waals surface area contributed by atoms with E-state index < -0.39 is 0 Å². The van der Waals surface area contributed by atoms with Gasteiger partial charge in [0, 0.05) is 17.2 Å². The first-order chi connectivity index (χ1) is 9.70. The molecule has 1 fully saturated rings. The molecule has 1 aliphatic heterocycles. The second-order valence-electron chi connectivity index (χ2n) is 4.92. The molecule has 3 nitrogen and oxygen atoms in total. The fourth-order valence-corrected chi connectivity index (χ4v) is 3.36. The van der Waals surface area contributed by atoms with Gasteiger partial charge in [0.2, 0.25) is 0 Å². The van der Waals surface area contributed by atoms with Crippen molar-refractivity contribution >= 4 is 17.7 Å². The summed E-state index contributed by atoms with van der Waals surface area (Å²) in [6.07, 6.45) is 1.72. The van der Waals surface area contributed by atoms with E-state index in [0.717, 1.165) is 38.2 Å². The van der Waals surface area contributed by atoms with Crippen LogP contribution in [0.1, 0.15) is 12.8 Å². The van der Waals surface area contributed by atoms with Crippen molar-refractivity contribution < 1.29 is 13.9 Å². The summed E-state index contributed by atoms with van der Waals surface area (Å²) in [6, 6.07) is 6.86. The topological polar surface area (TPSA) is 29.5 Å². The predicted molar refractivity (Wildman–Crippen MR) is 78.3 cm³/mol. The lowest BCUT2D eigenvalue weighted by atomic mass is 9.97. The lowest BCUT2D eigenvalue weighted by molar-refractivity contribution is -0.147.